The van der Waals surface area contributed by atoms with Crippen LogP contribution in [0.5, 0.6) is 5.75 Å². The number of carbonyl (C=O) groups excluding carboxylic acids is 1. The lowest BCUT2D eigenvalue weighted by Gasteiger charge is -2.30. The molecule has 0 saturated heterocycles. The number of anilines is 1. The molecule has 0 spiro atoms. The molecule has 0 aromatic heterocycles. The summed E-state index contributed by atoms with van der Waals surface area (Å²) in [5, 5.41) is 10.5. The number of ether oxygens (including phenoxy) is 1. The third kappa shape index (κ3) is 4.35. The van der Waals surface area contributed by atoms with Gasteiger partial charge in [-0.1, -0.05) is 35.3 Å². The van der Waals surface area contributed by atoms with Crippen molar-refractivity contribution in [1.29, 1.82) is 0 Å². The van der Waals surface area contributed by atoms with Gasteiger partial charge in [-0.25, -0.2) is 0 Å². The largest absolute Gasteiger partial charge is 0.495 e. The lowest BCUT2D eigenvalue weighted by Crippen LogP contribution is -2.45. The quantitative estimate of drug-likeness (QED) is 0.637. The minimum absolute atomic E-state index is 0.305. The maximum atomic E-state index is 13.1. The van der Waals surface area contributed by atoms with E-state index in [2.05, 4.69) is 16.0 Å². The van der Waals surface area contributed by atoms with Gasteiger partial charge in [0.05, 0.1) is 24.4 Å². The van der Waals surface area contributed by atoms with Gasteiger partial charge in [0.2, 0.25) is 0 Å². The topological polar surface area (TPSA) is 62.4 Å². The van der Waals surface area contributed by atoms with Crippen LogP contribution in [0.1, 0.15) is 18.5 Å². The van der Waals surface area contributed by atoms with Gasteiger partial charge < -0.3 is 20.7 Å². The van der Waals surface area contributed by atoms with E-state index in [1.54, 1.807) is 37.3 Å². The van der Waals surface area contributed by atoms with Crippen LogP contribution in [0, 0.1) is 0 Å². The molecule has 1 amide bonds. The van der Waals surface area contributed by atoms with Gasteiger partial charge in [0.1, 0.15) is 5.75 Å². The molecule has 3 rings (SSSR count). The van der Waals surface area contributed by atoms with Gasteiger partial charge in [-0.2, -0.15) is 0 Å². The number of carbonyl (C=O) groups is 1. The van der Waals surface area contributed by atoms with E-state index >= 15 is 0 Å². The Labute approximate surface area is 172 Å². The average molecular weight is 422 g/mol. The number of allylic oxidation sites excluding steroid dienone is 1. The number of benzene rings is 2. The SMILES string of the molecule is COc1ccc(Cl)cc1NC(=O)C1=C(C)NC(=S)N[C@@H]1c1cccc(Cl)c1. The summed E-state index contributed by atoms with van der Waals surface area (Å²) in [6.45, 7) is 1.80. The number of thiocarbonyl (C=S) groups is 1. The maximum absolute atomic E-state index is 13.1. The number of halogens is 2. The zero-order valence-corrected chi connectivity index (χ0v) is 16.9. The molecule has 2 aromatic rings. The fraction of sp³-hybridized carbons (Fsp3) is 0.158. The zero-order valence-electron chi connectivity index (χ0n) is 14.6. The molecular weight excluding hydrogens is 405 g/mol. The Morgan fingerprint density at radius 1 is 1.19 bits per heavy atom. The molecule has 1 atom stereocenters. The van der Waals surface area contributed by atoms with Crippen molar-refractivity contribution < 1.29 is 9.53 Å². The molecule has 8 heteroatoms. The minimum atomic E-state index is -0.442. The van der Waals surface area contributed by atoms with E-state index in [0.29, 0.717) is 37.9 Å². The molecule has 27 heavy (non-hydrogen) atoms. The van der Waals surface area contributed by atoms with E-state index in [1.807, 2.05) is 12.1 Å². The lowest BCUT2D eigenvalue weighted by atomic mass is 9.95. The highest BCUT2D eigenvalue weighted by Gasteiger charge is 2.30. The molecule has 5 nitrogen and oxygen atoms in total. The molecule has 140 valence electrons. The summed E-state index contributed by atoms with van der Waals surface area (Å²) >= 11 is 17.4. The number of nitrogens with one attached hydrogen (secondary N) is 3. The monoisotopic (exact) mass is 421 g/mol. The van der Waals surface area contributed by atoms with Crippen molar-refractivity contribution >= 4 is 52.1 Å². The second kappa shape index (κ2) is 8.17. The second-order valence-electron chi connectivity index (χ2n) is 5.92. The van der Waals surface area contributed by atoms with Gasteiger partial charge >= 0.3 is 0 Å². The normalized spacial score (nSPS) is 16.4. The van der Waals surface area contributed by atoms with Crippen LogP contribution in [-0.4, -0.2) is 18.1 Å². The van der Waals surface area contributed by atoms with Crippen LogP contribution in [0.25, 0.3) is 0 Å². The summed E-state index contributed by atoms with van der Waals surface area (Å²) in [4.78, 5) is 13.1. The number of amides is 1. The van der Waals surface area contributed by atoms with E-state index in [4.69, 9.17) is 40.2 Å². The summed E-state index contributed by atoms with van der Waals surface area (Å²) in [6.07, 6.45) is 0. The van der Waals surface area contributed by atoms with Crippen molar-refractivity contribution in [1.82, 2.24) is 10.6 Å². The Balaban J connectivity index is 1.98. The fourth-order valence-corrected chi connectivity index (χ4v) is 3.54. The predicted octanol–water partition coefficient (Wildman–Crippen LogP) is 4.43. The van der Waals surface area contributed by atoms with Crippen molar-refractivity contribution in [3.8, 4) is 5.75 Å². The molecule has 1 aliphatic heterocycles. The first kappa shape index (κ1) is 19.5. The number of rotatable bonds is 4. The Bertz CT molecular complexity index is 946. The third-order valence-electron chi connectivity index (χ3n) is 4.11. The molecule has 1 aliphatic rings. The van der Waals surface area contributed by atoms with Crippen molar-refractivity contribution in [2.75, 3.05) is 12.4 Å². The van der Waals surface area contributed by atoms with Crippen molar-refractivity contribution in [2.24, 2.45) is 0 Å². The van der Waals surface area contributed by atoms with Gasteiger partial charge in [0.25, 0.3) is 5.91 Å². The number of methoxy groups -OCH3 is 1. The highest BCUT2D eigenvalue weighted by molar-refractivity contribution is 7.80. The Morgan fingerprint density at radius 2 is 1.93 bits per heavy atom. The molecule has 0 fully saturated rings. The van der Waals surface area contributed by atoms with Gasteiger partial charge in [-0.15, -0.1) is 0 Å². The zero-order chi connectivity index (χ0) is 19.6. The molecule has 0 aliphatic carbocycles. The molecule has 2 aromatic carbocycles. The third-order valence-corrected chi connectivity index (χ3v) is 4.80. The first-order valence-corrected chi connectivity index (χ1v) is 9.24. The molecular formula is C19H17Cl2N3O2S. The molecule has 0 unspecified atom stereocenters. The highest BCUT2D eigenvalue weighted by atomic mass is 35.5. The van der Waals surface area contributed by atoms with Crippen molar-refractivity contribution in [3.05, 3.63) is 69.3 Å². The van der Waals surface area contributed by atoms with Gasteiger partial charge in [0, 0.05) is 15.7 Å². The first-order chi connectivity index (χ1) is 12.9. The van der Waals surface area contributed by atoms with Crippen LogP contribution in [0.3, 0.4) is 0 Å². The smallest absolute Gasteiger partial charge is 0.255 e. The summed E-state index contributed by atoms with van der Waals surface area (Å²) < 4.78 is 5.30. The highest BCUT2D eigenvalue weighted by Crippen LogP contribution is 2.32. The average Bonchev–Trinajstić information content (AvgIpc) is 2.61. The summed E-state index contributed by atoms with van der Waals surface area (Å²) in [5.41, 5.74) is 2.46. The Morgan fingerprint density at radius 3 is 2.63 bits per heavy atom. The van der Waals surface area contributed by atoms with E-state index in [1.165, 1.54) is 7.11 Å². The molecule has 1 heterocycles. The molecule has 3 N–H and O–H groups in total. The Hall–Kier alpha value is -2.28. The van der Waals surface area contributed by atoms with Gasteiger partial charge in [0.15, 0.2) is 5.11 Å². The molecule has 0 bridgehead atoms. The van der Waals surface area contributed by atoms with Crippen LogP contribution in [0.15, 0.2) is 53.7 Å². The standard InChI is InChI=1S/C19H17Cl2N3O2S/c1-10-16(18(25)23-14-9-13(21)6-7-15(14)26-2)17(24-19(27)22-10)11-4-3-5-12(20)8-11/h3-9,17H,1-2H3,(H,23,25)(H2,22,24,27)/t17-/m1/s1. The lowest BCUT2D eigenvalue weighted by molar-refractivity contribution is -0.113. The van der Waals surface area contributed by atoms with Crippen molar-refractivity contribution in [2.45, 2.75) is 13.0 Å². The first-order valence-electron chi connectivity index (χ1n) is 8.07. The van der Waals surface area contributed by atoms with Gasteiger partial charge in [-0.3, -0.25) is 4.79 Å². The predicted molar refractivity (Wildman–Crippen MR) is 112 cm³/mol. The Kier molecular flexibility index (Phi) is 5.89. The van der Waals surface area contributed by atoms with Crippen molar-refractivity contribution in [3.63, 3.8) is 0 Å². The summed E-state index contributed by atoms with van der Waals surface area (Å²) in [7, 11) is 1.53. The summed E-state index contributed by atoms with van der Waals surface area (Å²) in [6, 6.07) is 11.9. The van der Waals surface area contributed by atoms with Crippen LogP contribution in [-0.2, 0) is 4.79 Å². The summed E-state index contributed by atoms with van der Waals surface area (Å²) in [5.74, 6) is 0.207. The fourth-order valence-electron chi connectivity index (χ4n) is 2.90. The molecule has 0 radical (unpaired) electrons. The van der Waals surface area contributed by atoms with Crippen LogP contribution in [0.2, 0.25) is 10.0 Å². The van der Waals surface area contributed by atoms with Crippen LogP contribution >= 0.6 is 35.4 Å². The number of hydrogen-bond acceptors (Lipinski definition) is 3. The van der Waals surface area contributed by atoms with Gasteiger partial charge in [-0.05, 0) is 55.0 Å². The van der Waals surface area contributed by atoms with E-state index in [9.17, 15) is 4.79 Å². The van der Waals surface area contributed by atoms with E-state index < -0.39 is 6.04 Å². The van der Waals surface area contributed by atoms with E-state index in [0.717, 1.165) is 5.56 Å². The van der Waals surface area contributed by atoms with Crippen LogP contribution < -0.4 is 20.7 Å². The van der Waals surface area contributed by atoms with E-state index in [-0.39, 0.29) is 5.91 Å². The maximum Gasteiger partial charge on any atom is 0.255 e. The number of hydrogen-bond donors (Lipinski definition) is 3. The van der Waals surface area contributed by atoms with Crippen LogP contribution in [0.4, 0.5) is 5.69 Å². The molecule has 0 saturated carbocycles. The minimum Gasteiger partial charge on any atom is -0.495 e. The second-order valence-corrected chi connectivity index (χ2v) is 7.21.